The maximum atomic E-state index is 4.51. The van der Waals surface area contributed by atoms with Crippen LogP contribution < -0.4 is 5.32 Å². The van der Waals surface area contributed by atoms with Gasteiger partial charge in [0.15, 0.2) is 0 Å². The number of allylic oxidation sites excluding steroid dienone is 2. The molecule has 0 bridgehead atoms. The quantitative estimate of drug-likeness (QED) is 0.856. The van der Waals surface area contributed by atoms with E-state index in [-0.39, 0.29) is 0 Å². The molecule has 0 radical (unpaired) electrons. The normalized spacial score (nSPS) is 22.1. The van der Waals surface area contributed by atoms with Gasteiger partial charge in [-0.25, -0.2) is 0 Å². The first-order valence-electron chi connectivity index (χ1n) is 8.20. The predicted octanol–water partition coefficient (Wildman–Crippen LogP) is 4.23. The van der Waals surface area contributed by atoms with E-state index >= 15 is 0 Å². The Labute approximate surface area is 127 Å². The highest BCUT2D eigenvalue weighted by Gasteiger charge is 2.15. The topological polar surface area (TPSA) is 40.2 Å². The SMILES string of the molecule is Cc1cc[nH]c1C1=NC=CC1=CNC1CCCCCCC1. The van der Waals surface area contributed by atoms with Crippen molar-refractivity contribution in [1.29, 1.82) is 0 Å². The predicted molar refractivity (Wildman–Crippen MR) is 88.5 cm³/mol. The van der Waals surface area contributed by atoms with E-state index in [1.807, 2.05) is 12.4 Å². The zero-order chi connectivity index (χ0) is 14.5. The Morgan fingerprint density at radius 3 is 2.67 bits per heavy atom. The lowest BCUT2D eigenvalue weighted by Gasteiger charge is -2.20. The molecule has 1 fully saturated rings. The van der Waals surface area contributed by atoms with E-state index in [1.165, 1.54) is 56.1 Å². The lowest BCUT2D eigenvalue weighted by atomic mass is 9.97. The summed E-state index contributed by atoms with van der Waals surface area (Å²) in [4.78, 5) is 7.81. The lowest BCUT2D eigenvalue weighted by Crippen LogP contribution is -2.26. The van der Waals surface area contributed by atoms with Crippen LogP contribution in [0.15, 0.2) is 41.3 Å². The first-order chi connectivity index (χ1) is 10.3. The van der Waals surface area contributed by atoms with Crippen molar-refractivity contribution in [3.63, 3.8) is 0 Å². The molecule has 0 atom stereocenters. The molecule has 1 saturated carbocycles. The number of hydrogen-bond acceptors (Lipinski definition) is 2. The summed E-state index contributed by atoms with van der Waals surface area (Å²) in [5, 5.41) is 3.63. The monoisotopic (exact) mass is 283 g/mol. The van der Waals surface area contributed by atoms with E-state index < -0.39 is 0 Å². The van der Waals surface area contributed by atoms with Crippen molar-refractivity contribution in [2.45, 2.75) is 57.9 Å². The second kappa shape index (κ2) is 6.79. The molecule has 1 aromatic rings. The van der Waals surface area contributed by atoms with Gasteiger partial charge >= 0.3 is 0 Å². The minimum atomic E-state index is 0.623. The lowest BCUT2D eigenvalue weighted by molar-refractivity contribution is 0.420. The molecule has 0 unspecified atom stereocenters. The Balaban J connectivity index is 1.66. The van der Waals surface area contributed by atoms with Crippen molar-refractivity contribution in [1.82, 2.24) is 10.3 Å². The third-order valence-electron chi connectivity index (χ3n) is 4.50. The van der Waals surface area contributed by atoms with Crippen molar-refractivity contribution in [2.24, 2.45) is 4.99 Å². The molecule has 0 saturated heterocycles. The molecule has 2 heterocycles. The van der Waals surface area contributed by atoms with Gasteiger partial charge in [-0.3, -0.25) is 4.99 Å². The molecule has 0 spiro atoms. The van der Waals surface area contributed by atoms with Crippen LogP contribution in [0.25, 0.3) is 0 Å². The molecule has 21 heavy (non-hydrogen) atoms. The van der Waals surface area contributed by atoms with Gasteiger partial charge < -0.3 is 10.3 Å². The molecule has 112 valence electrons. The molecule has 2 aliphatic rings. The van der Waals surface area contributed by atoms with Crippen LogP contribution in [0.2, 0.25) is 0 Å². The number of rotatable bonds is 3. The second-order valence-corrected chi connectivity index (χ2v) is 6.14. The highest BCUT2D eigenvalue weighted by Crippen LogP contribution is 2.20. The van der Waals surface area contributed by atoms with E-state index in [1.54, 1.807) is 0 Å². The minimum absolute atomic E-state index is 0.623. The van der Waals surface area contributed by atoms with Gasteiger partial charge in [-0.15, -0.1) is 0 Å². The van der Waals surface area contributed by atoms with Crippen LogP contribution in [0.3, 0.4) is 0 Å². The summed E-state index contributed by atoms with van der Waals surface area (Å²) in [6.45, 7) is 2.12. The molecule has 0 aromatic carbocycles. The van der Waals surface area contributed by atoms with Gasteiger partial charge in [0.05, 0.1) is 11.4 Å². The van der Waals surface area contributed by atoms with Gasteiger partial charge in [0.1, 0.15) is 0 Å². The number of aromatic amines is 1. The third-order valence-corrected chi connectivity index (χ3v) is 4.50. The van der Waals surface area contributed by atoms with Crippen LogP contribution in [0.4, 0.5) is 0 Å². The fourth-order valence-electron chi connectivity index (χ4n) is 3.20. The minimum Gasteiger partial charge on any atom is -0.388 e. The highest BCUT2D eigenvalue weighted by atomic mass is 14.9. The molecule has 1 aliphatic carbocycles. The van der Waals surface area contributed by atoms with E-state index in [4.69, 9.17) is 0 Å². The van der Waals surface area contributed by atoms with Gasteiger partial charge in [0, 0.05) is 30.2 Å². The van der Waals surface area contributed by atoms with Crippen LogP contribution in [0.1, 0.15) is 56.2 Å². The average molecular weight is 283 g/mol. The molecular weight excluding hydrogens is 258 g/mol. The van der Waals surface area contributed by atoms with Crippen molar-refractivity contribution in [2.75, 3.05) is 0 Å². The Morgan fingerprint density at radius 1 is 1.19 bits per heavy atom. The number of aromatic nitrogens is 1. The van der Waals surface area contributed by atoms with E-state index in [9.17, 15) is 0 Å². The summed E-state index contributed by atoms with van der Waals surface area (Å²) in [7, 11) is 0. The van der Waals surface area contributed by atoms with Crippen LogP contribution in [0, 0.1) is 6.92 Å². The van der Waals surface area contributed by atoms with Gasteiger partial charge in [-0.1, -0.05) is 32.1 Å². The standard InChI is InChI=1S/C18H25N3/c1-14-9-11-19-17(14)18-15(10-12-20-18)13-21-16-7-5-3-2-4-6-8-16/h9-13,16,19,21H,2-8H2,1H3. The second-order valence-electron chi connectivity index (χ2n) is 6.14. The molecule has 1 aliphatic heterocycles. The zero-order valence-electron chi connectivity index (χ0n) is 12.9. The molecule has 1 aromatic heterocycles. The Hall–Kier alpha value is -1.77. The van der Waals surface area contributed by atoms with Gasteiger partial charge in [0.2, 0.25) is 0 Å². The number of nitrogens with one attached hydrogen (secondary N) is 2. The van der Waals surface area contributed by atoms with Crippen molar-refractivity contribution in [3.05, 3.63) is 47.6 Å². The molecule has 2 N–H and O–H groups in total. The van der Waals surface area contributed by atoms with E-state index in [0.717, 1.165) is 11.4 Å². The van der Waals surface area contributed by atoms with Crippen LogP contribution in [-0.4, -0.2) is 16.7 Å². The molecule has 3 rings (SSSR count). The van der Waals surface area contributed by atoms with Crippen LogP contribution in [0.5, 0.6) is 0 Å². The van der Waals surface area contributed by atoms with Gasteiger partial charge in [-0.05, 0) is 37.5 Å². The Morgan fingerprint density at radius 2 is 1.95 bits per heavy atom. The number of H-pyrrole nitrogens is 1. The fraction of sp³-hybridized carbons (Fsp3) is 0.500. The number of nitrogens with zero attached hydrogens (tertiary/aromatic N) is 1. The largest absolute Gasteiger partial charge is 0.388 e. The summed E-state index contributed by atoms with van der Waals surface area (Å²) >= 11 is 0. The van der Waals surface area contributed by atoms with Crippen molar-refractivity contribution < 1.29 is 0 Å². The molecular formula is C18H25N3. The van der Waals surface area contributed by atoms with Gasteiger partial charge in [0.25, 0.3) is 0 Å². The maximum absolute atomic E-state index is 4.51. The summed E-state index contributed by atoms with van der Waals surface area (Å²) in [6.07, 6.45) is 17.6. The summed E-state index contributed by atoms with van der Waals surface area (Å²) in [5.41, 5.74) is 4.61. The van der Waals surface area contributed by atoms with Crippen molar-refractivity contribution >= 4 is 5.71 Å². The van der Waals surface area contributed by atoms with Gasteiger partial charge in [-0.2, -0.15) is 0 Å². The summed E-state index contributed by atoms with van der Waals surface area (Å²) in [6, 6.07) is 2.72. The first-order valence-corrected chi connectivity index (χ1v) is 8.20. The zero-order valence-corrected chi connectivity index (χ0v) is 12.9. The van der Waals surface area contributed by atoms with Crippen molar-refractivity contribution in [3.8, 4) is 0 Å². The Kier molecular flexibility index (Phi) is 4.59. The number of aliphatic imine (C=N–C) groups is 1. The number of hydrogen-bond donors (Lipinski definition) is 2. The van der Waals surface area contributed by atoms with E-state index in [0.29, 0.717) is 6.04 Å². The van der Waals surface area contributed by atoms with Crippen LogP contribution >= 0.6 is 0 Å². The molecule has 0 amide bonds. The number of aryl methyl sites for hydroxylation is 1. The fourth-order valence-corrected chi connectivity index (χ4v) is 3.20. The van der Waals surface area contributed by atoms with E-state index in [2.05, 4.69) is 40.6 Å². The Bertz CT molecular complexity index is 555. The first kappa shape index (κ1) is 14.2. The summed E-state index contributed by atoms with van der Waals surface area (Å²) in [5.74, 6) is 0. The van der Waals surface area contributed by atoms with Crippen LogP contribution in [-0.2, 0) is 0 Å². The smallest absolute Gasteiger partial charge is 0.0954 e. The summed E-state index contributed by atoms with van der Waals surface area (Å²) < 4.78 is 0. The maximum Gasteiger partial charge on any atom is 0.0954 e. The average Bonchev–Trinajstić information content (AvgIpc) is 3.05. The highest BCUT2D eigenvalue weighted by molar-refractivity contribution is 6.15. The molecule has 3 heteroatoms. The third kappa shape index (κ3) is 3.46. The molecule has 3 nitrogen and oxygen atoms in total.